The van der Waals surface area contributed by atoms with Crippen LogP contribution in [0, 0.1) is 0 Å². The van der Waals surface area contributed by atoms with Crippen molar-refractivity contribution >= 4 is 11.4 Å². The Bertz CT molecular complexity index is 1360. The van der Waals surface area contributed by atoms with Gasteiger partial charge in [0.05, 0.1) is 27.0 Å². The molecular weight excluding hydrogens is 438 g/mol. The molecule has 0 radical (unpaired) electrons. The number of ether oxygens (including phenoxy) is 3. The van der Waals surface area contributed by atoms with E-state index < -0.39 is 5.56 Å². The molecule has 10 heteroatoms. The highest BCUT2D eigenvalue weighted by Gasteiger charge is 2.13. The van der Waals surface area contributed by atoms with E-state index in [4.69, 9.17) is 14.2 Å². The van der Waals surface area contributed by atoms with Crippen LogP contribution < -0.4 is 25.1 Å². The summed E-state index contributed by atoms with van der Waals surface area (Å²) in [5.41, 5.74) is 2.38. The summed E-state index contributed by atoms with van der Waals surface area (Å²) in [6.45, 7) is 0.212. The minimum Gasteiger partial charge on any atom is -0.497 e. The fourth-order valence-corrected chi connectivity index (χ4v) is 3.53. The van der Waals surface area contributed by atoms with Gasteiger partial charge >= 0.3 is 0 Å². The van der Waals surface area contributed by atoms with Gasteiger partial charge in [0.1, 0.15) is 24.1 Å². The average molecular weight is 463 g/mol. The van der Waals surface area contributed by atoms with Crippen molar-refractivity contribution in [3.8, 4) is 28.5 Å². The summed E-state index contributed by atoms with van der Waals surface area (Å²) in [6, 6.07) is 14.6. The number of nitrogens with one attached hydrogen (secondary N) is 1. The van der Waals surface area contributed by atoms with E-state index in [9.17, 15) is 9.59 Å². The van der Waals surface area contributed by atoms with E-state index >= 15 is 0 Å². The molecule has 0 atom stereocenters. The molecule has 176 valence electrons. The lowest BCUT2D eigenvalue weighted by atomic mass is 10.1. The normalized spacial score (nSPS) is 10.8. The zero-order chi connectivity index (χ0) is 24.1. The summed E-state index contributed by atoms with van der Waals surface area (Å²) in [6.07, 6.45) is 2.02. The molecule has 0 saturated carbocycles. The van der Waals surface area contributed by atoms with Crippen LogP contribution in [0.25, 0.3) is 16.8 Å². The standard InChI is InChI=1S/C24H25N5O5/c1-32-18-7-5-17(6-8-18)19-13-20-24(31)28(26-15-29(20)27-19)14-23(30)25-11-10-16-4-9-21(33-2)22(12-16)34-3/h4-9,12-13,15H,10-11,14H2,1-3H3,(H,25,30). The van der Waals surface area contributed by atoms with Crippen LogP contribution >= 0.6 is 0 Å². The summed E-state index contributed by atoms with van der Waals surface area (Å²) in [5.74, 6) is 1.69. The summed E-state index contributed by atoms with van der Waals surface area (Å²) >= 11 is 0. The van der Waals surface area contributed by atoms with Crippen LogP contribution in [0.5, 0.6) is 17.2 Å². The Morgan fingerprint density at radius 3 is 2.44 bits per heavy atom. The number of hydrogen-bond donors (Lipinski definition) is 1. The third-order valence-electron chi connectivity index (χ3n) is 5.35. The number of amides is 1. The smallest absolute Gasteiger partial charge is 0.293 e. The van der Waals surface area contributed by atoms with Gasteiger partial charge in [0.2, 0.25) is 5.91 Å². The van der Waals surface area contributed by atoms with Crippen LogP contribution in [0.1, 0.15) is 5.56 Å². The van der Waals surface area contributed by atoms with Crippen molar-refractivity contribution in [2.24, 2.45) is 0 Å². The van der Waals surface area contributed by atoms with Gasteiger partial charge in [-0.2, -0.15) is 10.2 Å². The van der Waals surface area contributed by atoms with Crippen molar-refractivity contribution < 1.29 is 19.0 Å². The monoisotopic (exact) mass is 463 g/mol. The quantitative estimate of drug-likeness (QED) is 0.404. The molecular formula is C24H25N5O5. The highest BCUT2D eigenvalue weighted by molar-refractivity contribution is 5.75. The van der Waals surface area contributed by atoms with Gasteiger partial charge in [-0.15, -0.1) is 0 Å². The SMILES string of the molecule is COc1ccc(-c2cc3c(=O)n(CC(=O)NCCc4ccc(OC)c(OC)c4)ncn3n2)cc1. The van der Waals surface area contributed by atoms with Gasteiger partial charge in [-0.1, -0.05) is 6.07 Å². The lowest BCUT2D eigenvalue weighted by Gasteiger charge is -2.10. The van der Waals surface area contributed by atoms with E-state index in [1.54, 1.807) is 27.4 Å². The maximum absolute atomic E-state index is 12.8. The Morgan fingerprint density at radius 1 is 0.971 bits per heavy atom. The van der Waals surface area contributed by atoms with Gasteiger partial charge < -0.3 is 19.5 Å². The first kappa shape index (κ1) is 22.8. The van der Waals surface area contributed by atoms with E-state index in [2.05, 4.69) is 15.5 Å². The number of carbonyl (C=O) groups is 1. The number of fused-ring (bicyclic) bond motifs is 1. The van der Waals surface area contributed by atoms with Crippen LogP contribution in [0.3, 0.4) is 0 Å². The van der Waals surface area contributed by atoms with Gasteiger partial charge in [-0.05, 0) is 54.4 Å². The molecule has 0 aliphatic carbocycles. The molecule has 0 saturated heterocycles. The molecule has 34 heavy (non-hydrogen) atoms. The molecule has 1 amide bonds. The number of aromatic nitrogens is 4. The van der Waals surface area contributed by atoms with E-state index in [1.165, 1.54) is 10.8 Å². The number of carbonyl (C=O) groups excluding carboxylic acids is 1. The molecule has 2 heterocycles. The predicted octanol–water partition coefficient (Wildman–Crippen LogP) is 1.94. The zero-order valence-corrected chi connectivity index (χ0v) is 19.1. The number of methoxy groups -OCH3 is 3. The second-order valence-corrected chi connectivity index (χ2v) is 7.47. The zero-order valence-electron chi connectivity index (χ0n) is 19.1. The molecule has 0 unspecified atom stereocenters. The van der Waals surface area contributed by atoms with E-state index in [-0.39, 0.29) is 12.5 Å². The maximum Gasteiger partial charge on any atom is 0.293 e. The third kappa shape index (κ3) is 4.85. The van der Waals surface area contributed by atoms with E-state index in [1.807, 2.05) is 42.5 Å². The molecule has 0 bridgehead atoms. The summed E-state index contributed by atoms with van der Waals surface area (Å²) in [5, 5.41) is 11.3. The summed E-state index contributed by atoms with van der Waals surface area (Å²) in [7, 11) is 4.75. The third-order valence-corrected chi connectivity index (χ3v) is 5.35. The van der Waals surface area contributed by atoms with Gasteiger partial charge in [0.15, 0.2) is 11.5 Å². The minimum absolute atomic E-state index is 0.190. The summed E-state index contributed by atoms with van der Waals surface area (Å²) in [4.78, 5) is 25.3. The van der Waals surface area contributed by atoms with Crippen LogP contribution in [-0.4, -0.2) is 53.2 Å². The number of rotatable bonds is 9. The molecule has 10 nitrogen and oxygen atoms in total. The second-order valence-electron chi connectivity index (χ2n) is 7.47. The molecule has 0 fully saturated rings. The Hall–Kier alpha value is -4.34. The first-order chi connectivity index (χ1) is 16.5. The Kier molecular flexibility index (Phi) is 6.77. The van der Waals surface area contributed by atoms with Crippen molar-refractivity contribution in [1.82, 2.24) is 24.7 Å². The molecule has 4 rings (SSSR count). The van der Waals surface area contributed by atoms with Gasteiger partial charge in [0.25, 0.3) is 5.56 Å². The minimum atomic E-state index is -0.398. The average Bonchev–Trinajstić information content (AvgIpc) is 3.31. The Balaban J connectivity index is 1.41. The second kappa shape index (κ2) is 10.1. The molecule has 0 aliphatic rings. The molecule has 2 aromatic heterocycles. The van der Waals surface area contributed by atoms with E-state index in [0.29, 0.717) is 35.7 Å². The van der Waals surface area contributed by atoms with Crippen LogP contribution in [0.15, 0.2) is 59.7 Å². The van der Waals surface area contributed by atoms with Crippen LogP contribution in [-0.2, 0) is 17.8 Å². The molecule has 0 aliphatic heterocycles. The summed E-state index contributed by atoms with van der Waals surface area (Å²) < 4.78 is 18.2. The highest BCUT2D eigenvalue weighted by atomic mass is 16.5. The number of hydrogen-bond acceptors (Lipinski definition) is 7. The fourth-order valence-electron chi connectivity index (χ4n) is 3.53. The Morgan fingerprint density at radius 2 is 1.74 bits per heavy atom. The lowest BCUT2D eigenvalue weighted by Crippen LogP contribution is -2.35. The molecule has 1 N–H and O–H groups in total. The van der Waals surface area contributed by atoms with Crippen LogP contribution in [0.2, 0.25) is 0 Å². The van der Waals surface area contributed by atoms with Crippen LogP contribution in [0.4, 0.5) is 0 Å². The number of benzene rings is 2. The molecule has 2 aromatic carbocycles. The van der Waals surface area contributed by atoms with Crippen molar-refractivity contribution in [2.45, 2.75) is 13.0 Å². The topological polar surface area (TPSA) is 109 Å². The highest BCUT2D eigenvalue weighted by Crippen LogP contribution is 2.27. The van der Waals surface area contributed by atoms with Gasteiger partial charge in [-0.3, -0.25) is 9.59 Å². The van der Waals surface area contributed by atoms with Crippen molar-refractivity contribution in [2.75, 3.05) is 27.9 Å². The largest absolute Gasteiger partial charge is 0.497 e. The maximum atomic E-state index is 12.8. The van der Waals surface area contributed by atoms with Gasteiger partial charge in [0, 0.05) is 12.1 Å². The van der Waals surface area contributed by atoms with E-state index in [0.717, 1.165) is 21.6 Å². The number of nitrogens with zero attached hydrogens (tertiary/aromatic N) is 4. The van der Waals surface area contributed by atoms with Crippen molar-refractivity contribution in [3.05, 3.63) is 70.8 Å². The Labute approximate surface area is 195 Å². The van der Waals surface area contributed by atoms with Gasteiger partial charge in [-0.25, -0.2) is 9.20 Å². The first-order valence-electron chi connectivity index (χ1n) is 10.6. The van der Waals surface area contributed by atoms with Crippen molar-refractivity contribution in [3.63, 3.8) is 0 Å². The first-order valence-corrected chi connectivity index (χ1v) is 10.6. The fraction of sp³-hybridized carbons (Fsp3) is 0.250. The molecule has 0 spiro atoms. The lowest BCUT2D eigenvalue weighted by molar-refractivity contribution is -0.121. The predicted molar refractivity (Wildman–Crippen MR) is 125 cm³/mol. The van der Waals surface area contributed by atoms with Crippen molar-refractivity contribution in [1.29, 1.82) is 0 Å². The molecule has 4 aromatic rings.